The summed E-state index contributed by atoms with van der Waals surface area (Å²) in [7, 11) is 0. The number of carbonyl (C=O) groups is 2. The van der Waals surface area contributed by atoms with Crippen molar-refractivity contribution in [3.05, 3.63) is 99.6 Å². The molecule has 5 nitrogen and oxygen atoms in total. The minimum atomic E-state index is -0.785. The number of halogens is 1. The summed E-state index contributed by atoms with van der Waals surface area (Å²) in [5.74, 6) is -0.861. The molecule has 1 amide bonds. The van der Waals surface area contributed by atoms with Crippen LogP contribution in [-0.2, 0) is 16.0 Å². The number of rotatable bonds is 3. The third-order valence-corrected chi connectivity index (χ3v) is 6.64. The van der Waals surface area contributed by atoms with Crippen LogP contribution in [-0.4, -0.2) is 22.9 Å². The van der Waals surface area contributed by atoms with Gasteiger partial charge in [0.05, 0.1) is 11.6 Å². The maximum absolute atomic E-state index is 13.3. The van der Waals surface area contributed by atoms with E-state index in [0.29, 0.717) is 28.3 Å². The van der Waals surface area contributed by atoms with Gasteiger partial charge in [-0.15, -0.1) is 0 Å². The fourth-order valence-electron chi connectivity index (χ4n) is 4.61. The number of nitrogens with zero attached hydrogens (tertiary/aromatic N) is 1. The van der Waals surface area contributed by atoms with Gasteiger partial charge in [-0.1, -0.05) is 48.0 Å². The average Bonchev–Trinajstić information content (AvgIpc) is 3.31. The quantitative estimate of drug-likeness (QED) is 0.314. The van der Waals surface area contributed by atoms with Crippen molar-refractivity contribution >= 4 is 34.7 Å². The first-order valence-electron chi connectivity index (χ1n) is 10.8. The lowest BCUT2D eigenvalue weighted by molar-refractivity contribution is -0.132. The molecule has 3 aromatic rings. The number of Topliss-reactive ketones (excluding diaryl/α,β-unsaturated/α-hetero) is 1. The molecule has 0 aromatic heterocycles. The lowest BCUT2D eigenvalue weighted by atomic mass is 9.94. The summed E-state index contributed by atoms with van der Waals surface area (Å²) in [6.07, 6.45) is 0.771. The molecule has 1 N–H and O–H groups in total. The molecular formula is C27H22ClNO4. The summed E-state index contributed by atoms with van der Waals surface area (Å²) < 4.78 is 5.76. The van der Waals surface area contributed by atoms with Crippen molar-refractivity contribution in [1.29, 1.82) is 0 Å². The van der Waals surface area contributed by atoms with E-state index in [1.165, 1.54) is 4.90 Å². The highest BCUT2D eigenvalue weighted by Gasteiger charge is 2.47. The number of carbonyl (C=O) groups excluding carboxylic acids is 2. The molecule has 2 aliphatic rings. The van der Waals surface area contributed by atoms with Crippen LogP contribution in [0.4, 0.5) is 5.69 Å². The molecule has 2 aliphatic heterocycles. The van der Waals surface area contributed by atoms with Crippen LogP contribution in [0, 0.1) is 6.92 Å². The molecule has 3 aromatic carbocycles. The van der Waals surface area contributed by atoms with Crippen molar-refractivity contribution in [2.75, 3.05) is 4.90 Å². The average molecular weight is 460 g/mol. The molecule has 0 aliphatic carbocycles. The van der Waals surface area contributed by atoms with Crippen LogP contribution in [0.1, 0.15) is 35.2 Å². The van der Waals surface area contributed by atoms with E-state index >= 15 is 0 Å². The van der Waals surface area contributed by atoms with E-state index in [9.17, 15) is 14.7 Å². The molecule has 6 heteroatoms. The van der Waals surface area contributed by atoms with Crippen molar-refractivity contribution in [3.63, 3.8) is 0 Å². The number of anilines is 1. The molecule has 1 fully saturated rings. The Kier molecular flexibility index (Phi) is 5.22. The van der Waals surface area contributed by atoms with Crippen molar-refractivity contribution < 1.29 is 19.4 Å². The van der Waals surface area contributed by atoms with Gasteiger partial charge in [0.2, 0.25) is 0 Å². The van der Waals surface area contributed by atoms with E-state index < -0.39 is 17.7 Å². The SMILES string of the molecule is Cc1c(Cl)cccc1N1C(=O)C(=O)/C(=C(\O)c2ccc3c(c2)CC(C)O3)C1c1ccccc1. The molecule has 33 heavy (non-hydrogen) atoms. The molecule has 0 spiro atoms. The summed E-state index contributed by atoms with van der Waals surface area (Å²) in [4.78, 5) is 28.0. The highest BCUT2D eigenvalue weighted by molar-refractivity contribution is 6.52. The summed E-state index contributed by atoms with van der Waals surface area (Å²) >= 11 is 6.33. The third-order valence-electron chi connectivity index (χ3n) is 6.23. The fourth-order valence-corrected chi connectivity index (χ4v) is 4.78. The Bertz CT molecular complexity index is 1310. The zero-order chi connectivity index (χ0) is 23.3. The Morgan fingerprint density at radius 1 is 1.06 bits per heavy atom. The lowest BCUT2D eigenvalue weighted by Crippen LogP contribution is -2.30. The zero-order valence-electron chi connectivity index (χ0n) is 18.2. The van der Waals surface area contributed by atoms with Gasteiger partial charge in [-0.3, -0.25) is 14.5 Å². The minimum Gasteiger partial charge on any atom is -0.507 e. The van der Waals surface area contributed by atoms with Gasteiger partial charge in [-0.25, -0.2) is 0 Å². The van der Waals surface area contributed by atoms with Crippen LogP contribution < -0.4 is 9.64 Å². The van der Waals surface area contributed by atoms with Crippen LogP contribution in [0.5, 0.6) is 5.75 Å². The topological polar surface area (TPSA) is 66.8 Å². The second-order valence-corrected chi connectivity index (χ2v) is 8.83. The van der Waals surface area contributed by atoms with E-state index in [1.807, 2.05) is 43.3 Å². The molecule has 0 bridgehead atoms. The zero-order valence-corrected chi connectivity index (χ0v) is 19.0. The van der Waals surface area contributed by atoms with Gasteiger partial charge in [0.15, 0.2) is 0 Å². The van der Waals surface area contributed by atoms with Gasteiger partial charge in [0.1, 0.15) is 17.6 Å². The van der Waals surface area contributed by atoms with E-state index in [4.69, 9.17) is 16.3 Å². The first kappa shape index (κ1) is 21.3. The molecule has 5 rings (SSSR count). The number of ether oxygens (including phenoxy) is 1. The number of ketones is 1. The number of fused-ring (bicyclic) bond motifs is 1. The number of hydrogen-bond donors (Lipinski definition) is 1. The third kappa shape index (κ3) is 3.49. The summed E-state index contributed by atoms with van der Waals surface area (Å²) in [5.41, 5.74) is 3.43. The van der Waals surface area contributed by atoms with Crippen molar-refractivity contribution in [2.24, 2.45) is 0 Å². The Morgan fingerprint density at radius 3 is 2.58 bits per heavy atom. The Morgan fingerprint density at radius 2 is 1.82 bits per heavy atom. The van der Waals surface area contributed by atoms with Crippen LogP contribution >= 0.6 is 11.6 Å². The summed E-state index contributed by atoms with van der Waals surface area (Å²) in [6.45, 7) is 3.79. The summed E-state index contributed by atoms with van der Waals surface area (Å²) in [6, 6.07) is 19.0. The monoisotopic (exact) mass is 459 g/mol. The highest BCUT2D eigenvalue weighted by atomic mass is 35.5. The van der Waals surface area contributed by atoms with Gasteiger partial charge in [0, 0.05) is 22.7 Å². The van der Waals surface area contributed by atoms with E-state index in [1.54, 1.807) is 37.3 Å². The number of amides is 1. The normalized spacial score (nSPS) is 21.2. The molecule has 0 radical (unpaired) electrons. The fraction of sp³-hybridized carbons (Fsp3) is 0.185. The number of benzene rings is 3. The predicted molar refractivity (Wildman–Crippen MR) is 128 cm³/mol. The van der Waals surface area contributed by atoms with Crippen molar-refractivity contribution in [2.45, 2.75) is 32.4 Å². The summed E-state index contributed by atoms with van der Waals surface area (Å²) in [5, 5.41) is 11.8. The molecule has 2 atom stereocenters. The standard InChI is InChI=1S/C27H22ClNO4/c1-15-13-19-14-18(11-12-22(19)33-15)25(30)23-24(17-7-4-3-5-8-17)29(27(32)26(23)31)21-10-6-9-20(28)16(21)2/h3-12,14-15,24,30H,13H2,1-2H3/b25-23-. The maximum atomic E-state index is 13.3. The van der Waals surface area contributed by atoms with Crippen LogP contribution in [0.3, 0.4) is 0 Å². The molecule has 166 valence electrons. The predicted octanol–water partition coefficient (Wildman–Crippen LogP) is 5.60. The van der Waals surface area contributed by atoms with Crippen LogP contribution in [0.15, 0.2) is 72.3 Å². The number of aliphatic hydroxyl groups is 1. The largest absolute Gasteiger partial charge is 0.507 e. The number of hydrogen-bond acceptors (Lipinski definition) is 4. The minimum absolute atomic E-state index is 0.0532. The van der Waals surface area contributed by atoms with E-state index in [2.05, 4.69) is 0 Å². The smallest absolute Gasteiger partial charge is 0.300 e. The Hall–Kier alpha value is -3.57. The van der Waals surface area contributed by atoms with Gasteiger partial charge in [-0.05, 0) is 60.9 Å². The lowest BCUT2D eigenvalue weighted by Gasteiger charge is -2.27. The van der Waals surface area contributed by atoms with Gasteiger partial charge in [0.25, 0.3) is 11.7 Å². The Labute approximate surface area is 196 Å². The van der Waals surface area contributed by atoms with Crippen LogP contribution in [0.2, 0.25) is 5.02 Å². The second-order valence-electron chi connectivity index (χ2n) is 8.42. The number of aliphatic hydroxyl groups excluding tert-OH is 1. The first-order valence-corrected chi connectivity index (χ1v) is 11.2. The van der Waals surface area contributed by atoms with Gasteiger partial charge >= 0.3 is 0 Å². The van der Waals surface area contributed by atoms with E-state index in [-0.39, 0.29) is 17.4 Å². The second kappa shape index (κ2) is 8.09. The van der Waals surface area contributed by atoms with Crippen molar-refractivity contribution in [3.8, 4) is 5.75 Å². The highest BCUT2D eigenvalue weighted by Crippen LogP contribution is 2.44. The molecular weight excluding hydrogens is 438 g/mol. The molecule has 1 saturated heterocycles. The van der Waals surface area contributed by atoms with Gasteiger partial charge in [-0.2, -0.15) is 0 Å². The molecule has 0 saturated carbocycles. The first-order chi connectivity index (χ1) is 15.9. The molecule has 2 heterocycles. The maximum Gasteiger partial charge on any atom is 0.300 e. The van der Waals surface area contributed by atoms with Crippen LogP contribution in [0.25, 0.3) is 5.76 Å². The van der Waals surface area contributed by atoms with Crippen molar-refractivity contribution in [1.82, 2.24) is 0 Å². The van der Waals surface area contributed by atoms with Gasteiger partial charge < -0.3 is 9.84 Å². The Balaban J connectivity index is 1.71. The van der Waals surface area contributed by atoms with E-state index in [0.717, 1.165) is 16.9 Å². The molecule has 2 unspecified atom stereocenters.